The Balaban J connectivity index is 1.81. The fourth-order valence-corrected chi connectivity index (χ4v) is 2.96. The number of fused-ring (bicyclic) bond motifs is 1. The Bertz CT molecular complexity index is 688. The van der Waals surface area contributed by atoms with E-state index in [9.17, 15) is 4.79 Å². The van der Waals surface area contributed by atoms with Crippen LogP contribution in [0.4, 0.5) is 0 Å². The molecule has 0 bridgehead atoms. The highest BCUT2D eigenvalue weighted by molar-refractivity contribution is 6.41. The molecule has 1 atom stereocenters. The van der Waals surface area contributed by atoms with Gasteiger partial charge in [-0.3, -0.25) is 4.79 Å². The molecule has 3 nitrogen and oxygen atoms in total. The molecule has 1 aromatic heterocycles. The van der Waals surface area contributed by atoms with E-state index in [0.29, 0.717) is 5.56 Å². The van der Waals surface area contributed by atoms with E-state index in [2.05, 4.69) is 22.4 Å². The minimum Gasteiger partial charge on any atom is -0.345 e. The van der Waals surface area contributed by atoms with E-state index in [1.165, 1.54) is 17.3 Å². The molecule has 1 amide bonds. The summed E-state index contributed by atoms with van der Waals surface area (Å²) >= 11 is 11.7. The number of aromatic nitrogens is 1. The molecule has 1 heterocycles. The van der Waals surface area contributed by atoms with Gasteiger partial charge in [-0.1, -0.05) is 47.5 Å². The topological polar surface area (TPSA) is 42.0 Å². The van der Waals surface area contributed by atoms with Crippen molar-refractivity contribution in [2.75, 3.05) is 0 Å². The normalized spacial score (nSPS) is 17.1. The van der Waals surface area contributed by atoms with Crippen molar-refractivity contribution in [2.24, 2.45) is 0 Å². The second kappa shape index (κ2) is 6.04. The Kier molecular flexibility index (Phi) is 4.13. The number of nitrogens with zero attached hydrogens (tertiary/aromatic N) is 1. The van der Waals surface area contributed by atoms with E-state index < -0.39 is 0 Å². The van der Waals surface area contributed by atoms with Gasteiger partial charge in [-0.15, -0.1) is 0 Å². The Morgan fingerprint density at radius 3 is 2.90 bits per heavy atom. The Labute approximate surface area is 133 Å². The van der Waals surface area contributed by atoms with Crippen LogP contribution in [0.5, 0.6) is 0 Å². The third-order valence-corrected chi connectivity index (χ3v) is 4.42. The summed E-state index contributed by atoms with van der Waals surface area (Å²) in [5, 5.41) is 3.55. The van der Waals surface area contributed by atoms with Gasteiger partial charge in [0.15, 0.2) is 0 Å². The molecule has 0 saturated carbocycles. The number of halogens is 2. The SMILES string of the molecule is O=C(NC1CCCc2ccccc21)c1cnc(Cl)c(Cl)c1. The number of carbonyl (C=O) groups excluding carboxylic acids is 1. The summed E-state index contributed by atoms with van der Waals surface area (Å²) in [6.45, 7) is 0. The number of benzene rings is 1. The molecule has 0 aliphatic heterocycles. The predicted molar refractivity (Wildman–Crippen MR) is 83.8 cm³/mol. The summed E-state index contributed by atoms with van der Waals surface area (Å²) in [7, 11) is 0. The molecule has 1 N–H and O–H groups in total. The van der Waals surface area contributed by atoms with Crippen LogP contribution in [0.15, 0.2) is 36.5 Å². The zero-order valence-corrected chi connectivity index (χ0v) is 12.8. The van der Waals surface area contributed by atoms with Gasteiger partial charge >= 0.3 is 0 Å². The van der Waals surface area contributed by atoms with E-state index in [1.54, 1.807) is 6.07 Å². The number of aryl methyl sites for hydroxylation is 1. The monoisotopic (exact) mass is 320 g/mol. The molecule has 1 aliphatic rings. The Morgan fingerprint density at radius 1 is 1.29 bits per heavy atom. The lowest BCUT2D eigenvalue weighted by Gasteiger charge is -2.26. The molecule has 1 aromatic carbocycles. The average Bonchev–Trinajstić information content (AvgIpc) is 2.50. The molecule has 3 rings (SSSR count). The fourth-order valence-electron chi connectivity index (χ4n) is 2.69. The summed E-state index contributed by atoms with van der Waals surface area (Å²) in [6, 6.07) is 9.81. The van der Waals surface area contributed by atoms with Gasteiger partial charge in [0.25, 0.3) is 5.91 Å². The summed E-state index contributed by atoms with van der Waals surface area (Å²) < 4.78 is 0. The lowest BCUT2D eigenvalue weighted by Crippen LogP contribution is -2.31. The van der Waals surface area contributed by atoms with E-state index in [-0.39, 0.29) is 22.1 Å². The Hall–Kier alpha value is -1.58. The van der Waals surface area contributed by atoms with Crippen molar-refractivity contribution in [3.63, 3.8) is 0 Å². The quantitative estimate of drug-likeness (QED) is 0.843. The standard InChI is InChI=1S/C16H14Cl2N2O/c17-13-8-11(9-19-15(13)18)16(21)20-14-7-3-5-10-4-1-2-6-12(10)14/h1-2,4,6,8-9,14H,3,5,7H2,(H,20,21). The summed E-state index contributed by atoms with van der Waals surface area (Å²) in [4.78, 5) is 16.2. The first-order chi connectivity index (χ1) is 10.1. The largest absolute Gasteiger partial charge is 0.345 e. The van der Waals surface area contributed by atoms with Crippen LogP contribution in [0.2, 0.25) is 10.2 Å². The predicted octanol–water partition coefficient (Wildman–Crippen LogP) is 4.20. The second-order valence-corrected chi connectivity index (χ2v) is 5.88. The van der Waals surface area contributed by atoms with Crippen molar-refractivity contribution in [1.82, 2.24) is 10.3 Å². The maximum atomic E-state index is 12.3. The van der Waals surface area contributed by atoms with E-state index >= 15 is 0 Å². The van der Waals surface area contributed by atoms with Gasteiger partial charge in [0.2, 0.25) is 0 Å². The van der Waals surface area contributed by atoms with Gasteiger partial charge in [-0.05, 0) is 36.5 Å². The summed E-state index contributed by atoms with van der Waals surface area (Å²) in [5.74, 6) is -0.178. The van der Waals surface area contributed by atoms with Gasteiger partial charge in [0, 0.05) is 6.20 Å². The molecule has 108 valence electrons. The van der Waals surface area contributed by atoms with Crippen molar-refractivity contribution in [3.8, 4) is 0 Å². The minimum absolute atomic E-state index is 0.0388. The van der Waals surface area contributed by atoms with Gasteiger partial charge in [0.1, 0.15) is 5.15 Å². The third-order valence-electron chi connectivity index (χ3n) is 3.73. The van der Waals surface area contributed by atoms with Crippen LogP contribution in [-0.2, 0) is 6.42 Å². The molecule has 5 heteroatoms. The van der Waals surface area contributed by atoms with Crippen LogP contribution in [0.25, 0.3) is 0 Å². The maximum absolute atomic E-state index is 12.3. The molecular weight excluding hydrogens is 307 g/mol. The van der Waals surface area contributed by atoms with Crippen LogP contribution in [0, 0.1) is 0 Å². The van der Waals surface area contributed by atoms with Gasteiger partial charge in [-0.2, -0.15) is 0 Å². The first-order valence-corrected chi connectivity index (χ1v) is 7.60. The molecule has 1 aliphatic carbocycles. The Morgan fingerprint density at radius 2 is 2.10 bits per heavy atom. The molecule has 0 radical (unpaired) electrons. The van der Waals surface area contributed by atoms with E-state index in [4.69, 9.17) is 23.2 Å². The van der Waals surface area contributed by atoms with Crippen molar-refractivity contribution in [1.29, 1.82) is 0 Å². The average molecular weight is 321 g/mol. The maximum Gasteiger partial charge on any atom is 0.253 e. The lowest BCUT2D eigenvalue weighted by molar-refractivity contribution is 0.0932. The number of hydrogen-bond donors (Lipinski definition) is 1. The molecule has 0 saturated heterocycles. The number of nitrogens with one attached hydrogen (secondary N) is 1. The summed E-state index contributed by atoms with van der Waals surface area (Å²) in [5.41, 5.74) is 2.93. The van der Waals surface area contributed by atoms with Crippen molar-refractivity contribution < 1.29 is 4.79 Å². The molecule has 21 heavy (non-hydrogen) atoms. The number of rotatable bonds is 2. The second-order valence-electron chi connectivity index (χ2n) is 5.11. The molecule has 0 spiro atoms. The summed E-state index contributed by atoms with van der Waals surface area (Å²) in [6.07, 6.45) is 4.52. The highest BCUT2D eigenvalue weighted by Crippen LogP contribution is 2.29. The van der Waals surface area contributed by atoms with Crippen LogP contribution < -0.4 is 5.32 Å². The molecule has 1 unspecified atom stereocenters. The van der Waals surface area contributed by atoms with Crippen molar-refractivity contribution in [2.45, 2.75) is 25.3 Å². The van der Waals surface area contributed by atoms with Gasteiger partial charge < -0.3 is 5.32 Å². The zero-order chi connectivity index (χ0) is 14.8. The van der Waals surface area contributed by atoms with Gasteiger partial charge in [-0.25, -0.2) is 4.98 Å². The van der Waals surface area contributed by atoms with Crippen LogP contribution in [0.1, 0.15) is 40.4 Å². The smallest absolute Gasteiger partial charge is 0.253 e. The highest BCUT2D eigenvalue weighted by Gasteiger charge is 2.22. The highest BCUT2D eigenvalue weighted by atomic mass is 35.5. The molecule has 0 fully saturated rings. The third kappa shape index (κ3) is 3.04. The van der Waals surface area contributed by atoms with Crippen LogP contribution in [0.3, 0.4) is 0 Å². The lowest BCUT2D eigenvalue weighted by atomic mass is 9.87. The number of pyridine rings is 1. The number of hydrogen-bond acceptors (Lipinski definition) is 2. The molecule has 2 aromatic rings. The van der Waals surface area contributed by atoms with Crippen molar-refractivity contribution >= 4 is 29.1 Å². The zero-order valence-electron chi connectivity index (χ0n) is 11.3. The molecular formula is C16H14Cl2N2O. The fraction of sp³-hybridized carbons (Fsp3) is 0.250. The van der Waals surface area contributed by atoms with Crippen molar-refractivity contribution in [3.05, 3.63) is 63.4 Å². The van der Waals surface area contributed by atoms with E-state index in [0.717, 1.165) is 19.3 Å². The minimum atomic E-state index is -0.178. The van der Waals surface area contributed by atoms with Gasteiger partial charge in [0.05, 0.1) is 16.6 Å². The van der Waals surface area contributed by atoms with Crippen LogP contribution >= 0.6 is 23.2 Å². The first kappa shape index (κ1) is 14.4. The van der Waals surface area contributed by atoms with E-state index in [1.807, 2.05) is 12.1 Å². The number of amides is 1. The first-order valence-electron chi connectivity index (χ1n) is 6.85. The number of carbonyl (C=O) groups is 1. The van der Waals surface area contributed by atoms with Crippen LogP contribution in [-0.4, -0.2) is 10.9 Å².